The van der Waals surface area contributed by atoms with Gasteiger partial charge >= 0.3 is 13.8 Å². The predicted octanol–water partition coefficient (Wildman–Crippen LogP) is 5.66. The summed E-state index contributed by atoms with van der Waals surface area (Å²) < 4.78 is 25.1. The minimum atomic E-state index is -4.05. The lowest BCUT2D eigenvalue weighted by Gasteiger charge is -2.14. The van der Waals surface area contributed by atoms with Gasteiger partial charge in [-0.2, -0.15) is 0 Å². The average molecular weight is 450 g/mol. The highest BCUT2D eigenvalue weighted by molar-refractivity contribution is 7.47. The van der Waals surface area contributed by atoms with E-state index in [4.69, 9.17) is 15.4 Å². The van der Waals surface area contributed by atoms with Gasteiger partial charge in [0.15, 0.2) is 0 Å². The number of rotatable bonds is 21. The number of allylic oxidation sites excluding steroid dienone is 2. The number of hydrogen-bond donors (Lipinski definition) is 2. The molecule has 0 aromatic rings. The van der Waals surface area contributed by atoms with Crippen LogP contribution in [0.5, 0.6) is 0 Å². The summed E-state index contributed by atoms with van der Waals surface area (Å²) in [5.41, 5.74) is 5.67. The Hall–Kier alpha value is -0.720. The van der Waals surface area contributed by atoms with Gasteiger partial charge in [-0.1, -0.05) is 70.4 Å². The Morgan fingerprint density at radius 1 is 0.933 bits per heavy atom. The van der Waals surface area contributed by atoms with Crippen LogP contribution in [0.3, 0.4) is 0 Å². The first-order valence-electron chi connectivity index (χ1n) is 11.5. The van der Waals surface area contributed by atoms with Gasteiger partial charge in [0, 0.05) is 13.5 Å². The first-order valence-corrected chi connectivity index (χ1v) is 13.0. The van der Waals surface area contributed by atoms with Crippen molar-refractivity contribution in [3.05, 3.63) is 12.2 Å². The maximum atomic E-state index is 11.7. The molecule has 178 valence electrons. The van der Waals surface area contributed by atoms with E-state index in [9.17, 15) is 9.36 Å². The number of nitrogens with two attached hydrogens (primary N) is 1. The van der Waals surface area contributed by atoms with E-state index in [0.29, 0.717) is 6.42 Å². The van der Waals surface area contributed by atoms with Gasteiger partial charge in [-0.3, -0.25) is 13.8 Å². The molecular formula is C22H44NO6P. The largest absolute Gasteiger partial charge is 0.471 e. The number of carbonyl (C=O) groups is 1. The van der Waals surface area contributed by atoms with Crippen LogP contribution < -0.4 is 5.73 Å². The molecule has 0 amide bonds. The number of ether oxygens (including phenoxy) is 1. The zero-order valence-corrected chi connectivity index (χ0v) is 20.0. The van der Waals surface area contributed by atoms with Gasteiger partial charge in [0.1, 0.15) is 6.61 Å². The highest BCUT2D eigenvalue weighted by Crippen LogP contribution is 2.41. The van der Waals surface area contributed by atoms with Crippen LogP contribution >= 0.6 is 7.82 Å². The molecule has 0 fully saturated rings. The first kappa shape index (κ1) is 29.3. The molecule has 0 saturated heterocycles. The van der Waals surface area contributed by atoms with Crippen molar-refractivity contribution in [3.63, 3.8) is 0 Å². The summed E-state index contributed by atoms with van der Waals surface area (Å²) >= 11 is 0. The molecule has 8 heteroatoms. The van der Waals surface area contributed by atoms with E-state index >= 15 is 0 Å². The van der Waals surface area contributed by atoms with Gasteiger partial charge in [0.25, 0.3) is 0 Å². The van der Waals surface area contributed by atoms with Crippen LogP contribution in [-0.4, -0.2) is 37.2 Å². The molecule has 0 aliphatic heterocycles. The Kier molecular flexibility index (Phi) is 19.7. The van der Waals surface area contributed by atoms with Crippen molar-refractivity contribution >= 4 is 13.8 Å². The lowest BCUT2D eigenvalue weighted by molar-refractivity contribution is -0.144. The van der Waals surface area contributed by atoms with E-state index < -0.39 is 13.9 Å². The van der Waals surface area contributed by atoms with Gasteiger partial charge < -0.3 is 15.4 Å². The number of phosphoric acid groups is 1. The van der Waals surface area contributed by atoms with E-state index in [2.05, 4.69) is 28.1 Å². The summed E-state index contributed by atoms with van der Waals surface area (Å²) in [6.07, 6.45) is 20.7. The monoisotopic (exact) mass is 449 g/mol. The van der Waals surface area contributed by atoms with Gasteiger partial charge in [0.05, 0.1) is 12.6 Å². The SMILES string of the molecule is CCCCCCCC/C=C\CCCCCCCC(=O)OC[C@H](N)COP(=O)(O)OC. The Bertz CT molecular complexity index is 486. The lowest BCUT2D eigenvalue weighted by atomic mass is 10.1. The quantitative estimate of drug-likeness (QED) is 0.101. The molecule has 30 heavy (non-hydrogen) atoms. The maximum Gasteiger partial charge on any atom is 0.471 e. The molecule has 0 aliphatic carbocycles. The summed E-state index contributed by atoms with van der Waals surface area (Å²) in [4.78, 5) is 20.8. The predicted molar refractivity (Wildman–Crippen MR) is 121 cm³/mol. The summed E-state index contributed by atoms with van der Waals surface area (Å²) in [6.45, 7) is 1.98. The third kappa shape index (κ3) is 20.5. The van der Waals surface area contributed by atoms with Crippen LogP contribution in [0.1, 0.15) is 96.8 Å². The number of hydrogen-bond acceptors (Lipinski definition) is 6. The zero-order chi connectivity index (χ0) is 22.5. The maximum absolute atomic E-state index is 11.7. The van der Waals surface area contributed by atoms with Crippen LogP contribution in [0.15, 0.2) is 12.2 Å². The first-order chi connectivity index (χ1) is 14.4. The Labute approximate surface area is 183 Å². The normalized spacial score (nSPS) is 14.7. The third-order valence-corrected chi connectivity index (χ3v) is 5.72. The van der Waals surface area contributed by atoms with Crippen LogP contribution in [0.2, 0.25) is 0 Å². The summed E-state index contributed by atoms with van der Waals surface area (Å²) in [5.74, 6) is -0.304. The van der Waals surface area contributed by atoms with Gasteiger partial charge in [0.2, 0.25) is 0 Å². The van der Waals surface area contributed by atoms with Crippen LogP contribution in [0.4, 0.5) is 0 Å². The molecule has 0 spiro atoms. The van der Waals surface area contributed by atoms with Crippen LogP contribution in [-0.2, 0) is 23.1 Å². The molecule has 1 unspecified atom stereocenters. The van der Waals surface area contributed by atoms with Crippen LogP contribution in [0.25, 0.3) is 0 Å². The standard InChI is InChI=1S/C22H44NO6P/c1-3-4-5-6-7-8-9-10-11-12-13-14-15-16-17-18-22(24)28-19-21(23)20-29-30(25,26)27-2/h10-11,21H,3-9,12-20,23H2,1-2H3,(H,25,26)/b11-10-/t21-/m0/s1. The van der Waals surface area contributed by atoms with E-state index in [-0.39, 0.29) is 19.2 Å². The van der Waals surface area contributed by atoms with E-state index in [1.165, 1.54) is 57.8 Å². The minimum absolute atomic E-state index is 0.0480. The second kappa shape index (κ2) is 20.2. The molecule has 0 heterocycles. The lowest BCUT2D eigenvalue weighted by Crippen LogP contribution is -2.32. The molecule has 0 bridgehead atoms. The van der Waals surface area contributed by atoms with Crippen molar-refractivity contribution in [2.45, 2.75) is 103 Å². The fraction of sp³-hybridized carbons (Fsp3) is 0.864. The van der Waals surface area contributed by atoms with E-state index in [0.717, 1.165) is 32.8 Å². The summed E-state index contributed by atoms with van der Waals surface area (Å²) in [6, 6.07) is -0.668. The second-order valence-electron chi connectivity index (χ2n) is 7.72. The average Bonchev–Trinajstić information content (AvgIpc) is 2.73. The van der Waals surface area contributed by atoms with Crippen molar-refractivity contribution in [2.75, 3.05) is 20.3 Å². The Morgan fingerprint density at radius 2 is 1.47 bits per heavy atom. The molecule has 0 saturated carbocycles. The smallest absolute Gasteiger partial charge is 0.464 e. The molecule has 0 rings (SSSR count). The van der Waals surface area contributed by atoms with Crippen molar-refractivity contribution in [3.8, 4) is 0 Å². The van der Waals surface area contributed by atoms with Crippen molar-refractivity contribution in [1.82, 2.24) is 0 Å². The van der Waals surface area contributed by atoms with Crippen molar-refractivity contribution in [2.24, 2.45) is 5.73 Å². The molecule has 3 N–H and O–H groups in total. The highest BCUT2D eigenvalue weighted by atomic mass is 31.2. The Morgan fingerprint density at radius 3 is 2.03 bits per heavy atom. The van der Waals surface area contributed by atoms with Crippen LogP contribution in [0, 0.1) is 0 Å². The Balaban J connectivity index is 3.42. The number of carbonyl (C=O) groups excluding carboxylic acids is 1. The van der Waals surface area contributed by atoms with E-state index in [1.54, 1.807) is 0 Å². The van der Waals surface area contributed by atoms with Crippen molar-refractivity contribution in [1.29, 1.82) is 0 Å². The molecule has 2 atom stereocenters. The van der Waals surface area contributed by atoms with Gasteiger partial charge in [-0.25, -0.2) is 4.57 Å². The number of esters is 1. The minimum Gasteiger partial charge on any atom is -0.464 e. The molecule has 0 aromatic carbocycles. The highest BCUT2D eigenvalue weighted by Gasteiger charge is 2.20. The zero-order valence-electron chi connectivity index (χ0n) is 19.1. The summed E-state index contributed by atoms with van der Waals surface area (Å²) in [5, 5.41) is 0. The fourth-order valence-electron chi connectivity index (χ4n) is 2.90. The third-order valence-electron chi connectivity index (χ3n) is 4.78. The molecule has 0 aliphatic rings. The molecule has 7 nitrogen and oxygen atoms in total. The molecule has 0 radical (unpaired) electrons. The number of unbranched alkanes of at least 4 members (excludes halogenated alkanes) is 11. The molecule has 0 aromatic heterocycles. The fourth-order valence-corrected chi connectivity index (χ4v) is 3.39. The summed E-state index contributed by atoms with van der Waals surface area (Å²) in [7, 11) is -2.98. The van der Waals surface area contributed by atoms with E-state index in [1.807, 2.05) is 0 Å². The van der Waals surface area contributed by atoms with Crippen molar-refractivity contribution < 1.29 is 28.0 Å². The van der Waals surface area contributed by atoms with Gasteiger partial charge in [-0.15, -0.1) is 0 Å². The topological polar surface area (TPSA) is 108 Å². The number of phosphoric ester groups is 1. The second-order valence-corrected chi connectivity index (χ2v) is 9.28. The molecular weight excluding hydrogens is 405 g/mol. The van der Waals surface area contributed by atoms with Gasteiger partial charge in [-0.05, 0) is 32.1 Å².